The van der Waals surface area contributed by atoms with Gasteiger partial charge in [0.05, 0.1) is 18.0 Å². The van der Waals surface area contributed by atoms with Crippen molar-refractivity contribution in [3.8, 4) is 23.1 Å². The number of hydrogen-bond donors (Lipinski definition) is 1. The summed E-state index contributed by atoms with van der Waals surface area (Å²) in [6.07, 6.45) is 2.44. The number of aromatic nitrogens is 4. The van der Waals surface area contributed by atoms with Gasteiger partial charge >= 0.3 is 6.18 Å². The summed E-state index contributed by atoms with van der Waals surface area (Å²) in [6.45, 7) is 1.64. The number of rotatable bonds is 5. The van der Waals surface area contributed by atoms with Crippen molar-refractivity contribution in [2.75, 3.05) is 5.73 Å². The average Bonchev–Trinajstić information content (AvgIpc) is 3.67. The van der Waals surface area contributed by atoms with Crippen LogP contribution in [0.3, 0.4) is 0 Å². The Morgan fingerprint density at radius 2 is 1.88 bits per heavy atom. The zero-order valence-corrected chi connectivity index (χ0v) is 22.0. The molecule has 1 aromatic carbocycles. The molecule has 0 spiro atoms. The standard InChI is InChI=1S/C30H25F3N6O2/c1-2-3-24(41)39-22-9-8-19(14-22)26(39)29-37-25(27-28(34)36-12-13-38(27)29)18-6-4-17(5-7-18)23(40)16-21-15-20(10-11-35-21)30(31,32)33/h4-7,10-13,15,19,22,26H,8-9,14,16H2,1H3,(H2,34,36)/t19-,22?,26?/m0/s1. The highest BCUT2D eigenvalue weighted by molar-refractivity contribution is 5.98. The molecule has 0 radical (unpaired) electrons. The Morgan fingerprint density at radius 1 is 1.10 bits per heavy atom. The van der Waals surface area contributed by atoms with Gasteiger partial charge in [-0.1, -0.05) is 30.2 Å². The SMILES string of the molecule is CC#CC(=O)N1C2CC[C@@H](C2)C1c1nc(-c2ccc(C(=O)Cc3cc(C(F)(F)F)ccn3)cc2)c2c(N)nccn12. The first-order valence-electron chi connectivity index (χ1n) is 13.2. The Morgan fingerprint density at radius 3 is 2.61 bits per heavy atom. The van der Waals surface area contributed by atoms with Gasteiger partial charge in [0.25, 0.3) is 5.91 Å². The fraction of sp³-hybridized carbons (Fsp3) is 0.300. The number of hydrogen-bond acceptors (Lipinski definition) is 6. The van der Waals surface area contributed by atoms with Gasteiger partial charge in [-0.15, -0.1) is 0 Å². The summed E-state index contributed by atoms with van der Waals surface area (Å²) in [6, 6.07) is 8.26. The second-order valence-corrected chi connectivity index (χ2v) is 10.3. The summed E-state index contributed by atoms with van der Waals surface area (Å²) in [5, 5.41) is 0. The second-order valence-electron chi connectivity index (χ2n) is 10.3. The number of Topliss-reactive ketones (excluding diaryl/α,β-unsaturated/α-hetero) is 1. The number of carbonyl (C=O) groups excluding carboxylic acids is 2. The minimum atomic E-state index is -4.52. The largest absolute Gasteiger partial charge is 0.416 e. The molecule has 41 heavy (non-hydrogen) atoms. The van der Waals surface area contributed by atoms with Gasteiger partial charge in [0.2, 0.25) is 0 Å². The number of carbonyl (C=O) groups is 2. The summed E-state index contributed by atoms with van der Waals surface area (Å²) in [5.41, 5.74) is 7.65. The van der Waals surface area contributed by atoms with Crippen molar-refractivity contribution in [3.63, 3.8) is 0 Å². The molecule has 2 fully saturated rings. The van der Waals surface area contributed by atoms with Crippen LogP contribution in [-0.4, -0.2) is 42.0 Å². The van der Waals surface area contributed by atoms with Gasteiger partial charge < -0.3 is 10.6 Å². The molecule has 2 unspecified atom stereocenters. The lowest BCUT2D eigenvalue weighted by Gasteiger charge is -2.33. The fourth-order valence-corrected chi connectivity index (χ4v) is 6.11. The molecule has 3 aromatic heterocycles. The molecule has 6 rings (SSSR count). The summed E-state index contributed by atoms with van der Waals surface area (Å²) in [4.78, 5) is 40.9. The van der Waals surface area contributed by atoms with E-state index in [0.717, 1.165) is 37.6 Å². The van der Waals surface area contributed by atoms with Crippen molar-refractivity contribution in [2.45, 2.75) is 50.9 Å². The number of benzene rings is 1. The third kappa shape index (κ3) is 4.69. The summed E-state index contributed by atoms with van der Waals surface area (Å²) >= 11 is 0. The maximum absolute atomic E-state index is 13.1. The van der Waals surface area contributed by atoms with Crippen molar-refractivity contribution in [3.05, 3.63) is 77.6 Å². The number of nitrogen functional groups attached to an aromatic ring is 1. The maximum atomic E-state index is 13.1. The van der Waals surface area contributed by atoms with Crippen LogP contribution in [0.1, 0.15) is 59.7 Å². The number of halogens is 3. The van der Waals surface area contributed by atoms with Gasteiger partial charge in [-0.05, 0) is 50.2 Å². The normalized spacial score (nSPS) is 19.8. The highest BCUT2D eigenvalue weighted by atomic mass is 19.4. The molecule has 11 heteroatoms. The van der Waals surface area contributed by atoms with E-state index in [9.17, 15) is 22.8 Å². The van der Waals surface area contributed by atoms with Crippen molar-refractivity contribution in [1.82, 2.24) is 24.3 Å². The third-order valence-corrected chi connectivity index (χ3v) is 7.89. The number of likely N-dealkylation sites (tertiary alicyclic amines) is 1. The van der Waals surface area contributed by atoms with Crippen molar-refractivity contribution in [1.29, 1.82) is 0 Å². The molecule has 1 saturated heterocycles. The highest BCUT2D eigenvalue weighted by Gasteiger charge is 2.50. The third-order valence-electron chi connectivity index (χ3n) is 7.89. The van der Waals surface area contributed by atoms with Crippen LogP contribution in [0.2, 0.25) is 0 Å². The topological polar surface area (TPSA) is 106 Å². The molecule has 1 aliphatic heterocycles. The predicted octanol–water partition coefficient (Wildman–Crippen LogP) is 4.89. The number of alkyl halides is 3. The first-order chi connectivity index (χ1) is 19.7. The molecule has 3 atom stereocenters. The van der Waals surface area contributed by atoms with Crippen LogP contribution in [0.5, 0.6) is 0 Å². The molecule has 4 aromatic rings. The Bertz CT molecular complexity index is 1740. The molecule has 1 amide bonds. The van der Waals surface area contributed by atoms with Crippen LogP contribution < -0.4 is 5.73 Å². The van der Waals surface area contributed by atoms with Gasteiger partial charge in [0, 0.05) is 41.5 Å². The Balaban J connectivity index is 1.33. The molecular weight excluding hydrogens is 533 g/mol. The predicted molar refractivity (Wildman–Crippen MR) is 144 cm³/mol. The highest BCUT2D eigenvalue weighted by Crippen LogP contribution is 2.50. The minimum absolute atomic E-state index is 0.0372. The molecule has 2 N–H and O–H groups in total. The first kappa shape index (κ1) is 26.5. The van der Waals surface area contributed by atoms with Crippen molar-refractivity contribution in [2.24, 2.45) is 5.92 Å². The van der Waals surface area contributed by atoms with Crippen LogP contribution in [0, 0.1) is 17.8 Å². The number of nitrogens with zero attached hydrogens (tertiary/aromatic N) is 5. The minimum Gasteiger partial charge on any atom is -0.382 e. The maximum Gasteiger partial charge on any atom is 0.416 e. The van der Waals surface area contributed by atoms with Crippen LogP contribution >= 0.6 is 0 Å². The number of anilines is 1. The van der Waals surface area contributed by atoms with Gasteiger partial charge in [-0.2, -0.15) is 13.2 Å². The Labute approximate surface area is 233 Å². The van der Waals surface area contributed by atoms with E-state index in [1.165, 1.54) is 0 Å². The number of amides is 1. The van der Waals surface area contributed by atoms with Gasteiger partial charge in [0.15, 0.2) is 5.78 Å². The molecular formula is C30H25F3N6O2. The second kappa shape index (κ2) is 10.0. The zero-order valence-electron chi connectivity index (χ0n) is 22.0. The Hall–Kier alpha value is -4.72. The van der Waals surface area contributed by atoms with Crippen LogP contribution in [0.25, 0.3) is 16.8 Å². The van der Waals surface area contributed by atoms with Gasteiger partial charge in [-0.3, -0.25) is 19.0 Å². The van der Waals surface area contributed by atoms with Crippen LogP contribution in [0.4, 0.5) is 19.0 Å². The first-order valence-corrected chi connectivity index (χ1v) is 13.2. The summed E-state index contributed by atoms with van der Waals surface area (Å²) in [7, 11) is 0. The number of fused-ring (bicyclic) bond motifs is 3. The molecule has 2 aliphatic rings. The number of nitrogens with two attached hydrogens (primary N) is 1. The number of imidazole rings is 1. The number of ketones is 1. The van der Waals surface area contributed by atoms with E-state index in [2.05, 4.69) is 21.8 Å². The van der Waals surface area contributed by atoms with E-state index in [1.54, 1.807) is 43.6 Å². The molecule has 8 nitrogen and oxygen atoms in total. The van der Waals surface area contributed by atoms with E-state index < -0.39 is 11.7 Å². The lowest BCUT2D eigenvalue weighted by molar-refractivity contribution is -0.137. The zero-order chi connectivity index (χ0) is 28.9. The van der Waals surface area contributed by atoms with E-state index in [4.69, 9.17) is 10.7 Å². The van der Waals surface area contributed by atoms with Gasteiger partial charge in [-0.25, -0.2) is 9.97 Å². The van der Waals surface area contributed by atoms with Gasteiger partial charge in [0.1, 0.15) is 22.9 Å². The van der Waals surface area contributed by atoms with E-state index in [-0.39, 0.29) is 47.6 Å². The summed E-state index contributed by atoms with van der Waals surface area (Å²) < 4.78 is 41.0. The molecule has 1 saturated carbocycles. The number of piperidine rings is 1. The number of pyridine rings is 1. The molecule has 4 heterocycles. The quantitative estimate of drug-likeness (QED) is 0.276. The van der Waals surface area contributed by atoms with E-state index >= 15 is 0 Å². The Kier molecular flexibility index (Phi) is 6.49. The average molecular weight is 559 g/mol. The van der Waals surface area contributed by atoms with Crippen molar-refractivity contribution < 1.29 is 22.8 Å². The fourth-order valence-electron chi connectivity index (χ4n) is 6.11. The van der Waals surface area contributed by atoms with Crippen molar-refractivity contribution >= 4 is 23.0 Å². The van der Waals surface area contributed by atoms with E-state index in [0.29, 0.717) is 28.2 Å². The molecule has 2 bridgehead atoms. The van der Waals surface area contributed by atoms with Crippen LogP contribution in [0.15, 0.2) is 55.0 Å². The van der Waals surface area contributed by atoms with Crippen LogP contribution in [-0.2, 0) is 17.4 Å². The van der Waals surface area contributed by atoms with E-state index in [1.807, 2.05) is 9.30 Å². The smallest absolute Gasteiger partial charge is 0.382 e. The lowest BCUT2D eigenvalue weighted by atomic mass is 9.97. The molecule has 1 aliphatic carbocycles. The monoisotopic (exact) mass is 558 g/mol. The molecule has 208 valence electrons. The summed E-state index contributed by atoms with van der Waals surface area (Å²) in [5.74, 6) is 6.01. The lowest BCUT2D eigenvalue weighted by Crippen LogP contribution is -2.40.